The Bertz CT molecular complexity index is 1550. The molecule has 3 aromatic heterocycles. The van der Waals surface area contributed by atoms with E-state index in [9.17, 15) is 4.79 Å². The van der Waals surface area contributed by atoms with Crippen LogP contribution in [0.15, 0.2) is 54.6 Å². The summed E-state index contributed by atoms with van der Waals surface area (Å²) >= 11 is 0. The molecule has 0 saturated heterocycles. The van der Waals surface area contributed by atoms with E-state index in [1.54, 1.807) is 10.7 Å². The SMILES string of the molecule is CCOC(C)n1nnnc1-c1ccccc1-c1ccc(Cn2c(CC)nc3c(C)cc(C=O)nc32)cc1. The van der Waals surface area contributed by atoms with Crippen LogP contribution in [0.25, 0.3) is 33.7 Å². The van der Waals surface area contributed by atoms with Crippen LogP contribution in [-0.2, 0) is 17.7 Å². The maximum Gasteiger partial charge on any atom is 0.185 e. The predicted molar refractivity (Wildman–Crippen MR) is 141 cm³/mol. The first-order valence-corrected chi connectivity index (χ1v) is 12.4. The van der Waals surface area contributed by atoms with Gasteiger partial charge in [-0.1, -0.05) is 55.5 Å². The molecule has 188 valence electrons. The van der Waals surface area contributed by atoms with Crippen LogP contribution in [-0.4, -0.2) is 47.6 Å². The van der Waals surface area contributed by atoms with E-state index in [1.807, 2.05) is 39.0 Å². The van der Waals surface area contributed by atoms with E-state index in [0.717, 1.165) is 57.5 Å². The van der Waals surface area contributed by atoms with Gasteiger partial charge in [0.15, 0.2) is 24.0 Å². The van der Waals surface area contributed by atoms with Crippen LogP contribution in [0.3, 0.4) is 0 Å². The number of tetrazole rings is 1. The lowest BCUT2D eigenvalue weighted by Gasteiger charge is -2.15. The van der Waals surface area contributed by atoms with Crippen LogP contribution in [0, 0.1) is 6.92 Å². The van der Waals surface area contributed by atoms with Crippen molar-refractivity contribution in [2.45, 2.75) is 46.9 Å². The maximum atomic E-state index is 11.4. The molecule has 0 spiro atoms. The number of imidazole rings is 1. The Labute approximate surface area is 215 Å². The number of rotatable bonds is 9. The second-order valence-electron chi connectivity index (χ2n) is 8.87. The van der Waals surface area contributed by atoms with E-state index < -0.39 is 0 Å². The summed E-state index contributed by atoms with van der Waals surface area (Å²) in [6, 6.07) is 18.3. The van der Waals surface area contributed by atoms with Gasteiger partial charge in [0, 0.05) is 18.6 Å². The average Bonchev–Trinajstić information content (AvgIpc) is 3.55. The van der Waals surface area contributed by atoms with E-state index in [2.05, 4.69) is 62.3 Å². The van der Waals surface area contributed by atoms with Gasteiger partial charge in [-0.2, -0.15) is 4.68 Å². The third-order valence-electron chi connectivity index (χ3n) is 6.45. The summed E-state index contributed by atoms with van der Waals surface area (Å²) in [6.45, 7) is 9.10. The zero-order chi connectivity index (χ0) is 25.9. The molecule has 5 aromatic rings. The molecule has 1 unspecified atom stereocenters. The van der Waals surface area contributed by atoms with Gasteiger partial charge in [0.05, 0.1) is 6.54 Å². The molecule has 0 bridgehead atoms. The van der Waals surface area contributed by atoms with Crippen LogP contribution in [0.1, 0.15) is 54.4 Å². The number of ether oxygens (including phenoxy) is 1. The standard InChI is InChI=1S/C28H29N7O2/c1-5-25-30-26-18(3)15-22(17-36)29-28(26)34(25)16-20-11-13-21(14-12-20)23-9-7-8-10-24(23)27-31-32-33-35(27)19(4)37-6-2/h7-15,17,19H,5-6,16H2,1-4H3. The first-order chi connectivity index (χ1) is 18.0. The van der Waals surface area contributed by atoms with Gasteiger partial charge in [-0.3, -0.25) is 4.79 Å². The van der Waals surface area contributed by atoms with E-state index in [0.29, 0.717) is 24.7 Å². The molecule has 0 N–H and O–H groups in total. The summed E-state index contributed by atoms with van der Waals surface area (Å²) in [6.07, 6.45) is 1.28. The lowest BCUT2D eigenvalue weighted by atomic mass is 9.98. The minimum Gasteiger partial charge on any atom is -0.357 e. The molecule has 0 saturated carbocycles. The van der Waals surface area contributed by atoms with Gasteiger partial charge >= 0.3 is 0 Å². The number of carbonyl (C=O) groups is 1. The van der Waals surface area contributed by atoms with Crippen LogP contribution in [0.2, 0.25) is 0 Å². The molecule has 3 heterocycles. The third-order valence-corrected chi connectivity index (χ3v) is 6.45. The lowest BCUT2D eigenvalue weighted by Crippen LogP contribution is -2.12. The minimum atomic E-state index is -0.278. The molecule has 0 fully saturated rings. The molecule has 5 rings (SSSR count). The van der Waals surface area contributed by atoms with Crippen molar-refractivity contribution in [3.05, 3.63) is 77.2 Å². The number of fused-ring (bicyclic) bond motifs is 1. The van der Waals surface area contributed by atoms with E-state index in [-0.39, 0.29) is 6.23 Å². The fourth-order valence-electron chi connectivity index (χ4n) is 4.64. The fraction of sp³-hybridized carbons (Fsp3) is 0.286. The first kappa shape index (κ1) is 24.5. The van der Waals surface area contributed by atoms with Crippen LogP contribution in [0.5, 0.6) is 0 Å². The summed E-state index contributed by atoms with van der Waals surface area (Å²) in [5.74, 6) is 1.60. The highest BCUT2D eigenvalue weighted by atomic mass is 16.5. The van der Waals surface area contributed by atoms with Gasteiger partial charge in [0.25, 0.3) is 0 Å². The molecule has 9 nitrogen and oxygen atoms in total. The number of pyridine rings is 1. The number of nitrogens with zero attached hydrogens (tertiary/aromatic N) is 7. The average molecular weight is 496 g/mol. The Hall–Kier alpha value is -4.24. The molecule has 0 aliphatic heterocycles. The molecule has 0 amide bonds. The van der Waals surface area contributed by atoms with Gasteiger partial charge in [0.2, 0.25) is 0 Å². The van der Waals surface area contributed by atoms with E-state index in [1.165, 1.54) is 0 Å². The second kappa shape index (κ2) is 10.4. The van der Waals surface area contributed by atoms with Gasteiger partial charge in [0.1, 0.15) is 17.0 Å². The molecule has 0 radical (unpaired) electrons. The molecule has 2 aromatic carbocycles. The van der Waals surface area contributed by atoms with Gasteiger partial charge in [-0.25, -0.2) is 9.97 Å². The molecular formula is C28H29N7O2. The van der Waals surface area contributed by atoms with Crippen molar-refractivity contribution in [3.8, 4) is 22.5 Å². The Balaban J connectivity index is 1.49. The van der Waals surface area contributed by atoms with Gasteiger partial charge in [-0.15, -0.1) is 5.10 Å². The lowest BCUT2D eigenvalue weighted by molar-refractivity contribution is 0.0159. The normalized spacial score (nSPS) is 12.2. The first-order valence-electron chi connectivity index (χ1n) is 12.4. The van der Waals surface area contributed by atoms with Gasteiger partial charge < -0.3 is 9.30 Å². The molecular weight excluding hydrogens is 466 g/mol. The number of carbonyl (C=O) groups excluding carboxylic acids is 1. The summed E-state index contributed by atoms with van der Waals surface area (Å²) in [5.41, 5.74) is 7.08. The number of aryl methyl sites for hydroxylation is 2. The van der Waals surface area contributed by atoms with Crippen molar-refractivity contribution in [1.29, 1.82) is 0 Å². The predicted octanol–water partition coefficient (Wildman–Crippen LogP) is 5.04. The zero-order valence-electron chi connectivity index (χ0n) is 21.4. The number of hydrogen-bond donors (Lipinski definition) is 0. The minimum absolute atomic E-state index is 0.278. The number of benzene rings is 2. The summed E-state index contributed by atoms with van der Waals surface area (Å²) < 4.78 is 9.52. The smallest absolute Gasteiger partial charge is 0.185 e. The topological polar surface area (TPSA) is 101 Å². The summed E-state index contributed by atoms with van der Waals surface area (Å²) in [4.78, 5) is 20.8. The van der Waals surface area contributed by atoms with Crippen molar-refractivity contribution in [1.82, 2.24) is 34.7 Å². The van der Waals surface area contributed by atoms with E-state index >= 15 is 0 Å². The van der Waals surface area contributed by atoms with Crippen molar-refractivity contribution >= 4 is 17.5 Å². The second-order valence-corrected chi connectivity index (χ2v) is 8.87. The molecule has 37 heavy (non-hydrogen) atoms. The van der Waals surface area contributed by atoms with Crippen molar-refractivity contribution in [3.63, 3.8) is 0 Å². The molecule has 9 heteroatoms. The van der Waals surface area contributed by atoms with Crippen molar-refractivity contribution < 1.29 is 9.53 Å². The number of aromatic nitrogens is 7. The van der Waals surface area contributed by atoms with Crippen molar-refractivity contribution in [2.75, 3.05) is 6.61 Å². The monoisotopic (exact) mass is 495 g/mol. The van der Waals surface area contributed by atoms with Crippen LogP contribution in [0.4, 0.5) is 0 Å². The third kappa shape index (κ3) is 4.65. The fourth-order valence-corrected chi connectivity index (χ4v) is 4.64. The highest BCUT2D eigenvalue weighted by molar-refractivity contribution is 5.83. The number of hydrogen-bond acceptors (Lipinski definition) is 7. The highest BCUT2D eigenvalue weighted by Crippen LogP contribution is 2.32. The number of aldehydes is 1. The largest absolute Gasteiger partial charge is 0.357 e. The van der Waals surface area contributed by atoms with Crippen molar-refractivity contribution in [2.24, 2.45) is 0 Å². The molecule has 1 atom stereocenters. The Morgan fingerprint density at radius 2 is 1.78 bits per heavy atom. The quantitative estimate of drug-likeness (QED) is 0.264. The Morgan fingerprint density at radius 1 is 1.03 bits per heavy atom. The Morgan fingerprint density at radius 3 is 2.49 bits per heavy atom. The highest BCUT2D eigenvalue weighted by Gasteiger charge is 2.18. The molecule has 0 aliphatic carbocycles. The van der Waals surface area contributed by atoms with Crippen LogP contribution >= 0.6 is 0 Å². The summed E-state index contributed by atoms with van der Waals surface area (Å²) in [5, 5.41) is 12.3. The zero-order valence-corrected chi connectivity index (χ0v) is 21.4. The van der Waals surface area contributed by atoms with Crippen LogP contribution < -0.4 is 0 Å². The molecule has 0 aliphatic rings. The summed E-state index contributed by atoms with van der Waals surface area (Å²) in [7, 11) is 0. The van der Waals surface area contributed by atoms with E-state index in [4.69, 9.17) is 9.72 Å². The van der Waals surface area contributed by atoms with Gasteiger partial charge in [-0.05, 0) is 59.5 Å². The Kier molecular flexibility index (Phi) is 6.87. The maximum absolute atomic E-state index is 11.4.